The second-order valence-corrected chi connectivity index (χ2v) is 8.63. The summed E-state index contributed by atoms with van der Waals surface area (Å²) in [6, 6.07) is 14.4. The van der Waals surface area contributed by atoms with Crippen LogP contribution in [0, 0.1) is 5.82 Å². The molecule has 3 rings (SSSR count). The fraction of sp³-hybridized carbons (Fsp3) is 0.333. The van der Waals surface area contributed by atoms with E-state index in [-0.39, 0.29) is 36.6 Å². The molecule has 5 nitrogen and oxygen atoms in total. The van der Waals surface area contributed by atoms with E-state index < -0.39 is 12.1 Å². The molecule has 0 saturated heterocycles. The molecule has 1 unspecified atom stereocenters. The summed E-state index contributed by atoms with van der Waals surface area (Å²) >= 11 is 0. The van der Waals surface area contributed by atoms with Crippen molar-refractivity contribution in [2.45, 2.75) is 58.8 Å². The normalized spacial score (nSPS) is 12.7. The van der Waals surface area contributed by atoms with Gasteiger partial charge < -0.3 is 14.4 Å². The number of rotatable bonds is 9. The Bertz CT molecular complexity index is 1160. The number of para-hydroxylation sites is 1. The van der Waals surface area contributed by atoms with Crippen LogP contribution in [0.2, 0.25) is 0 Å². The Balaban J connectivity index is 1.94. The summed E-state index contributed by atoms with van der Waals surface area (Å²) in [5.41, 5.74) is 3.65. The molecule has 0 spiro atoms. The molecule has 33 heavy (non-hydrogen) atoms. The number of esters is 1. The lowest BCUT2D eigenvalue weighted by atomic mass is 10.0. The largest absolute Gasteiger partial charge is 0.463 e. The van der Waals surface area contributed by atoms with Crippen LogP contribution in [0.25, 0.3) is 28.1 Å². The molecule has 0 radical (unpaired) electrons. The molecule has 1 N–H and O–H groups in total. The molecule has 0 fully saturated rings. The van der Waals surface area contributed by atoms with Crippen LogP contribution in [0.15, 0.2) is 54.6 Å². The Morgan fingerprint density at radius 2 is 1.73 bits per heavy atom. The van der Waals surface area contributed by atoms with Crippen molar-refractivity contribution in [2.24, 2.45) is 0 Å². The maximum atomic E-state index is 13.6. The van der Waals surface area contributed by atoms with Crippen LogP contribution in [-0.4, -0.2) is 33.6 Å². The highest BCUT2D eigenvalue weighted by atomic mass is 19.1. The van der Waals surface area contributed by atoms with Gasteiger partial charge in [0.1, 0.15) is 18.0 Å². The van der Waals surface area contributed by atoms with E-state index in [4.69, 9.17) is 4.74 Å². The predicted octanol–water partition coefficient (Wildman–Crippen LogP) is 5.70. The molecule has 0 aliphatic heterocycles. The number of ketones is 1. The Labute approximate surface area is 193 Å². The van der Waals surface area contributed by atoms with Gasteiger partial charge in [-0.25, -0.2) is 4.39 Å². The van der Waals surface area contributed by atoms with Crippen molar-refractivity contribution >= 4 is 28.7 Å². The van der Waals surface area contributed by atoms with Crippen LogP contribution in [0.5, 0.6) is 0 Å². The summed E-state index contributed by atoms with van der Waals surface area (Å²) < 4.78 is 20.7. The number of hydrogen-bond acceptors (Lipinski definition) is 4. The third-order valence-corrected chi connectivity index (χ3v) is 5.22. The SMILES string of the molecule is CC(C)OC(=O)CC(=O)CC(O)/C=C/c1c(-c2ccc(F)cc2)c2ccccc2n1C(C)C. The quantitative estimate of drug-likeness (QED) is 0.335. The highest BCUT2D eigenvalue weighted by molar-refractivity contribution is 6.01. The zero-order chi connectivity index (χ0) is 24.1. The van der Waals surface area contributed by atoms with Crippen LogP contribution in [0.3, 0.4) is 0 Å². The van der Waals surface area contributed by atoms with Crippen molar-refractivity contribution in [1.82, 2.24) is 4.57 Å². The van der Waals surface area contributed by atoms with Gasteiger partial charge >= 0.3 is 5.97 Å². The van der Waals surface area contributed by atoms with E-state index in [2.05, 4.69) is 18.4 Å². The molecule has 2 aromatic carbocycles. The van der Waals surface area contributed by atoms with E-state index in [9.17, 15) is 19.1 Å². The number of nitrogens with zero attached hydrogens (tertiary/aromatic N) is 1. The van der Waals surface area contributed by atoms with Gasteiger partial charge in [-0.05, 0) is 57.5 Å². The Hall–Kier alpha value is -3.25. The zero-order valence-corrected chi connectivity index (χ0v) is 19.4. The fourth-order valence-corrected chi connectivity index (χ4v) is 3.96. The van der Waals surface area contributed by atoms with Gasteiger partial charge in [0.2, 0.25) is 0 Å². The van der Waals surface area contributed by atoms with Crippen molar-refractivity contribution in [2.75, 3.05) is 0 Å². The van der Waals surface area contributed by atoms with E-state index in [0.29, 0.717) is 0 Å². The van der Waals surface area contributed by atoms with E-state index in [1.165, 1.54) is 12.1 Å². The summed E-state index contributed by atoms with van der Waals surface area (Å²) in [5, 5.41) is 11.5. The first-order valence-electron chi connectivity index (χ1n) is 11.1. The third-order valence-electron chi connectivity index (χ3n) is 5.22. The molecule has 0 saturated carbocycles. The van der Waals surface area contributed by atoms with Gasteiger partial charge in [-0.3, -0.25) is 9.59 Å². The van der Waals surface area contributed by atoms with Gasteiger partial charge in [-0.15, -0.1) is 0 Å². The van der Waals surface area contributed by atoms with Gasteiger partial charge in [-0.2, -0.15) is 0 Å². The Kier molecular flexibility index (Phi) is 7.82. The zero-order valence-electron chi connectivity index (χ0n) is 19.4. The first-order chi connectivity index (χ1) is 15.7. The highest BCUT2D eigenvalue weighted by Gasteiger charge is 2.19. The molecule has 3 aromatic rings. The summed E-state index contributed by atoms with van der Waals surface area (Å²) in [6.07, 6.45) is 1.46. The first-order valence-corrected chi connectivity index (χ1v) is 11.1. The molecule has 174 valence electrons. The van der Waals surface area contributed by atoms with Crippen LogP contribution in [0.4, 0.5) is 4.39 Å². The molecule has 0 bridgehead atoms. The van der Waals surface area contributed by atoms with Gasteiger partial charge in [0.15, 0.2) is 0 Å². The van der Waals surface area contributed by atoms with Crippen molar-refractivity contribution in [3.8, 4) is 11.1 Å². The van der Waals surface area contributed by atoms with Crippen LogP contribution < -0.4 is 0 Å². The summed E-state index contributed by atoms with van der Waals surface area (Å²) in [4.78, 5) is 23.9. The van der Waals surface area contributed by atoms with E-state index in [1.807, 2.05) is 24.3 Å². The van der Waals surface area contributed by atoms with Crippen molar-refractivity contribution in [1.29, 1.82) is 0 Å². The lowest BCUT2D eigenvalue weighted by Crippen LogP contribution is -2.18. The smallest absolute Gasteiger partial charge is 0.313 e. The number of aliphatic hydroxyl groups is 1. The van der Waals surface area contributed by atoms with Gasteiger partial charge in [0, 0.05) is 34.6 Å². The number of carbonyl (C=O) groups is 2. The van der Waals surface area contributed by atoms with Crippen molar-refractivity contribution < 1.29 is 23.8 Å². The van der Waals surface area contributed by atoms with E-state index in [0.717, 1.165) is 27.7 Å². The van der Waals surface area contributed by atoms with Crippen LogP contribution in [0.1, 0.15) is 52.3 Å². The number of fused-ring (bicyclic) bond motifs is 1. The number of ether oxygens (including phenoxy) is 1. The molecule has 1 atom stereocenters. The molecule has 1 aromatic heterocycles. The maximum Gasteiger partial charge on any atom is 0.313 e. The summed E-state index contributed by atoms with van der Waals surface area (Å²) in [6.45, 7) is 7.57. The summed E-state index contributed by atoms with van der Waals surface area (Å²) in [7, 11) is 0. The predicted molar refractivity (Wildman–Crippen MR) is 128 cm³/mol. The minimum absolute atomic E-state index is 0.119. The highest BCUT2D eigenvalue weighted by Crippen LogP contribution is 2.38. The second kappa shape index (κ2) is 10.6. The molecule has 1 heterocycles. The fourth-order valence-electron chi connectivity index (χ4n) is 3.96. The first kappa shape index (κ1) is 24.4. The van der Waals surface area contributed by atoms with E-state index in [1.54, 1.807) is 38.1 Å². The second-order valence-electron chi connectivity index (χ2n) is 8.63. The molecule has 0 amide bonds. The van der Waals surface area contributed by atoms with E-state index >= 15 is 0 Å². The molecular weight excluding hydrogens is 421 g/mol. The van der Waals surface area contributed by atoms with Crippen molar-refractivity contribution in [3.63, 3.8) is 0 Å². The number of halogens is 1. The number of carbonyl (C=O) groups excluding carboxylic acids is 2. The molecule has 0 aliphatic rings. The van der Waals surface area contributed by atoms with Crippen molar-refractivity contribution in [3.05, 3.63) is 66.1 Å². The summed E-state index contributed by atoms with van der Waals surface area (Å²) in [5.74, 6) is -1.29. The van der Waals surface area contributed by atoms with Gasteiger partial charge in [0.05, 0.1) is 12.2 Å². The van der Waals surface area contributed by atoms with Crippen LogP contribution in [-0.2, 0) is 14.3 Å². The average Bonchev–Trinajstić information content (AvgIpc) is 3.06. The van der Waals surface area contributed by atoms with Gasteiger partial charge in [0.25, 0.3) is 0 Å². The number of Topliss-reactive ketones (excluding diaryl/α,β-unsaturated/α-hetero) is 1. The maximum absolute atomic E-state index is 13.6. The number of benzene rings is 2. The third kappa shape index (κ3) is 5.96. The lowest BCUT2D eigenvalue weighted by Gasteiger charge is -2.14. The van der Waals surface area contributed by atoms with Gasteiger partial charge in [-0.1, -0.05) is 36.4 Å². The minimum Gasteiger partial charge on any atom is -0.463 e. The Morgan fingerprint density at radius 1 is 1.06 bits per heavy atom. The monoisotopic (exact) mass is 451 g/mol. The standard InChI is InChI=1S/C27H30FNO4/c1-17(2)29-24-8-6-5-7-23(24)27(19-9-11-20(28)12-10-19)25(29)14-13-21(30)15-22(31)16-26(32)33-18(3)4/h5-14,17-18,21,30H,15-16H2,1-4H3/b14-13+. The minimum atomic E-state index is -1.05. The Morgan fingerprint density at radius 3 is 2.36 bits per heavy atom. The lowest BCUT2D eigenvalue weighted by molar-refractivity contribution is -0.149. The number of aromatic nitrogens is 1. The number of aliphatic hydroxyl groups excluding tert-OH is 1. The average molecular weight is 452 g/mol. The molecule has 0 aliphatic carbocycles. The topological polar surface area (TPSA) is 68.5 Å². The molecule has 6 heteroatoms. The van der Waals surface area contributed by atoms with Crippen LogP contribution >= 0.6 is 0 Å². The molecular formula is C27H30FNO4. The number of hydrogen-bond donors (Lipinski definition) is 1.